The van der Waals surface area contributed by atoms with Gasteiger partial charge in [0.2, 0.25) is 5.69 Å². The molecule has 2 N–H and O–H groups in total. The van der Waals surface area contributed by atoms with Gasteiger partial charge in [0.05, 0.1) is 21.6 Å². The van der Waals surface area contributed by atoms with Gasteiger partial charge in [-0.1, -0.05) is 35.4 Å². The number of halogens is 1. The summed E-state index contributed by atoms with van der Waals surface area (Å²) in [4.78, 5) is 6.33. The summed E-state index contributed by atoms with van der Waals surface area (Å²) in [5.74, 6) is 0. The van der Waals surface area contributed by atoms with Crippen molar-refractivity contribution in [3.63, 3.8) is 0 Å². The smallest absolute Gasteiger partial charge is 0.203 e. The second-order valence-electron chi connectivity index (χ2n) is 8.03. The Morgan fingerprint density at radius 1 is 0.611 bits per heavy atom. The summed E-state index contributed by atoms with van der Waals surface area (Å²) in [6, 6.07) is 30.6. The fourth-order valence-corrected chi connectivity index (χ4v) is 5.36. The van der Waals surface area contributed by atoms with Crippen LogP contribution in [0.5, 0.6) is 0 Å². The number of hydrogen-bond acceptors (Lipinski definition) is 3. The SMILES string of the molecule is Cc1ccc([S@@](=O)c2ccc(N/C=C/C=[NH+]c3ccc([S@](=O)c4ccc(C)cc4)cc3)cc2)cc1.[Br-]. The van der Waals surface area contributed by atoms with Crippen LogP contribution in [0.4, 0.5) is 11.4 Å². The normalized spacial score (nSPS) is 12.8. The first-order valence-corrected chi connectivity index (χ1v) is 13.5. The van der Waals surface area contributed by atoms with E-state index in [-0.39, 0.29) is 17.0 Å². The number of allylic oxidation sites excluding steroid dienone is 1. The van der Waals surface area contributed by atoms with Crippen LogP contribution in [0.2, 0.25) is 0 Å². The fraction of sp³-hybridized carbons (Fsp3) is 0.0690. The van der Waals surface area contributed by atoms with Crippen molar-refractivity contribution in [3.8, 4) is 0 Å². The highest BCUT2D eigenvalue weighted by molar-refractivity contribution is 7.85. The maximum Gasteiger partial charge on any atom is 0.203 e. The summed E-state index contributed by atoms with van der Waals surface area (Å²) >= 11 is 0. The van der Waals surface area contributed by atoms with Gasteiger partial charge in [-0.05, 0) is 74.5 Å². The topological polar surface area (TPSA) is 60.1 Å². The average Bonchev–Trinajstić information content (AvgIpc) is 2.89. The Labute approximate surface area is 227 Å². The maximum atomic E-state index is 12.7. The van der Waals surface area contributed by atoms with Crippen molar-refractivity contribution >= 4 is 39.2 Å². The predicted molar refractivity (Wildman–Crippen MR) is 144 cm³/mol. The summed E-state index contributed by atoms with van der Waals surface area (Å²) in [7, 11) is -2.38. The molecule has 0 aliphatic rings. The second kappa shape index (κ2) is 13.3. The van der Waals surface area contributed by atoms with E-state index in [1.807, 2.05) is 129 Å². The van der Waals surface area contributed by atoms with Crippen LogP contribution in [0.15, 0.2) is 129 Å². The Morgan fingerprint density at radius 2 is 1.00 bits per heavy atom. The highest BCUT2D eigenvalue weighted by Gasteiger charge is 2.08. The molecular weight excluding hydrogens is 552 g/mol. The molecule has 0 spiro atoms. The van der Waals surface area contributed by atoms with Crippen molar-refractivity contribution in [1.29, 1.82) is 0 Å². The molecule has 4 aromatic rings. The van der Waals surface area contributed by atoms with E-state index in [9.17, 15) is 8.42 Å². The van der Waals surface area contributed by atoms with Gasteiger partial charge in [0.1, 0.15) is 0 Å². The van der Waals surface area contributed by atoms with E-state index in [1.165, 1.54) is 0 Å². The van der Waals surface area contributed by atoms with Crippen molar-refractivity contribution in [3.05, 3.63) is 120 Å². The van der Waals surface area contributed by atoms with Crippen LogP contribution in [0.3, 0.4) is 0 Å². The lowest BCUT2D eigenvalue weighted by molar-refractivity contribution is -0.346. The number of anilines is 1. The molecule has 0 aromatic heterocycles. The third-order valence-corrected chi connectivity index (χ3v) is 8.10. The summed E-state index contributed by atoms with van der Waals surface area (Å²) < 4.78 is 25.4. The lowest BCUT2D eigenvalue weighted by atomic mass is 10.2. The first kappa shape index (κ1) is 27.5. The molecule has 0 aliphatic heterocycles. The lowest BCUT2D eigenvalue weighted by Gasteiger charge is -2.05. The van der Waals surface area contributed by atoms with E-state index in [0.29, 0.717) is 0 Å². The Kier molecular flexibility index (Phi) is 10.1. The first-order valence-electron chi connectivity index (χ1n) is 11.2. The maximum absolute atomic E-state index is 12.7. The minimum Gasteiger partial charge on any atom is -1.00 e. The summed E-state index contributed by atoms with van der Waals surface area (Å²) in [5, 5.41) is 3.20. The van der Waals surface area contributed by atoms with Crippen LogP contribution in [0.1, 0.15) is 11.1 Å². The molecule has 4 nitrogen and oxygen atoms in total. The fourth-order valence-electron chi connectivity index (χ4n) is 3.28. The highest BCUT2D eigenvalue weighted by Crippen LogP contribution is 2.19. The van der Waals surface area contributed by atoms with Gasteiger partial charge in [-0.15, -0.1) is 0 Å². The van der Waals surface area contributed by atoms with Crippen LogP contribution >= 0.6 is 0 Å². The molecule has 0 unspecified atom stereocenters. The van der Waals surface area contributed by atoms with Gasteiger partial charge >= 0.3 is 0 Å². The van der Waals surface area contributed by atoms with E-state index >= 15 is 0 Å². The van der Waals surface area contributed by atoms with Gasteiger partial charge < -0.3 is 22.3 Å². The Balaban J connectivity index is 0.00000361. The van der Waals surface area contributed by atoms with Gasteiger partial charge in [0, 0.05) is 49.7 Å². The molecule has 4 rings (SSSR count). The number of hydrogen-bond donors (Lipinski definition) is 2. The van der Waals surface area contributed by atoms with E-state index in [4.69, 9.17) is 0 Å². The highest BCUT2D eigenvalue weighted by atomic mass is 79.9. The number of nitrogens with one attached hydrogen (secondary N) is 2. The summed E-state index contributed by atoms with van der Waals surface area (Å²) in [6.07, 6.45) is 5.50. The minimum atomic E-state index is -1.19. The van der Waals surface area contributed by atoms with Gasteiger partial charge in [0.15, 0.2) is 6.21 Å². The first-order chi connectivity index (χ1) is 17.0. The number of aryl methyl sites for hydroxylation is 2. The molecule has 0 heterocycles. The standard InChI is InChI=1S/C29H26N2O2S2.BrH/c1-22-4-12-26(13-5-22)34(32)28-16-8-24(9-17-28)30-20-3-21-31-25-10-18-29(19-11-25)35(33)27-14-6-23(2)7-15-27;/h3-21,30H,1-2H3;1H/b20-3+,31-21?;/t34-,35-;/m1./s1. The quantitative estimate of drug-likeness (QED) is 0.315. The Morgan fingerprint density at radius 3 is 1.44 bits per heavy atom. The Hall–Kier alpha value is -3.13. The van der Waals surface area contributed by atoms with Gasteiger partial charge in [-0.3, -0.25) is 0 Å². The summed E-state index contributed by atoms with van der Waals surface area (Å²) in [6.45, 7) is 4.03. The zero-order valence-corrected chi connectivity index (χ0v) is 23.2. The number of rotatable bonds is 8. The third-order valence-electron chi connectivity index (χ3n) is 5.30. The van der Waals surface area contributed by atoms with E-state index < -0.39 is 21.6 Å². The molecule has 0 aliphatic carbocycles. The molecule has 36 heavy (non-hydrogen) atoms. The third kappa shape index (κ3) is 7.43. The molecule has 184 valence electrons. The molecule has 2 atom stereocenters. The van der Waals surface area contributed by atoms with E-state index in [1.54, 1.807) is 0 Å². The van der Waals surface area contributed by atoms with Crippen molar-refractivity contribution in [1.82, 2.24) is 0 Å². The number of benzene rings is 4. The monoisotopic (exact) mass is 578 g/mol. The molecule has 0 amide bonds. The van der Waals surface area contributed by atoms with Crippen LogP contribution in [0.25, 0.3) is 0 Å². The summed E-state index contributed by atoms with van der Waals surface area (Å²) in [5.41, 5.74) is 4.11. The van der Waals surface area contributed by atoms with Crippen LogP contribution < -0.4 is 27.3 Å². The second-order valence-corrected chi connectivity index (χ2v) is 11.0. The largest absolute Gasteiger partial charge is 1.00 e. The minimum absolute atomic E-state index is 0. The molecule has 0 radical (unpaired) electrons. The average molecular weight is 580 g/mol. The Bertz CT molecular complexity index is 1380. The molecule has 0 saturated heterocycles. The van der Waals surface area contributed by atoms with Crippen LogP contribution in [0, 0.1) is 13.8 Å². The molecule has 4 aromatic carbocycles. The van der Waals surface area contributed by atoms with E-state index in [0.717, 1.165) is 42.1 Å². The molecular formula is C29H27BrN2O2S2. The van der Waals surface area contributed by atoms with Crippen LogP contribution in [-0.2, 0) is 21.6 Å². The van der Waals surface area contributed by atoms with Gasteiger partial charge in [-0.2, -0.15) is 0 Å². The van der Waals surface area contributed by atoms with Crippen molar-refractivity contribution in [2.75, 3.05) is 5.32 Å². The molecule has 0 bridgehead atoms. The molecule has 7 heteroatoms. The molecule has 0 saturated carbocycles. The van der Waals surface area contributed by atoms with Gasteiger partial charge in [0.25, 0.3) is 0 Å². The van der Waals surface area contributed by atoms with Crippen LogP contribution in [-0.4, -0.2) is 14.6 Å². The zero-order chi connectivity index (χ0) is 24.6. The lowest BCUT2D eigenvalue weighted by Crippen LogP contribution is -3.00. The van der Waals surface area contributed by atoms with Crippen molar-refractivity contribution in [2.45, 2.75) is 33.4 Å². The van der Waals surface area contributed by atoms with E-state index in [2.05, 4.69) is 10.3 Å². The predicted octanol–water partition coefficient (Wildman–Crippen LogP) is 2.05. The van der Waals surface area contributed by atoms with Crippen molar-refractivity contribution < 1.29 is 30.4 Å². The zero-order valence-electron chi connectivity index (χ0n) is 20.0. The van der Waals surface area contributed by atoms with Crippen molar-refractivity contribution in [2.24, 2.45) is 0 Å². The molecule has 0 fully saturated rings. The van der Waals surface area contributed by atoms with Gasteiger partial charge in [-0.25, -0.2) is 13.4 Å².